The molecule has 2 N–H and O–H groups in total. The van der Waals surface area contributed by atoms with Crippen LogP contribution in [-0.4, -0.2) is 26.2 Å². The van der Waals surface area contributed by atoms with Gasteiger partial charge in [-0.25, -0.2) is 0 Å². The summed E-state index contributed by atoms with van der Waals surface area (Å²) in [5.41, 5.74) is 1.18. The van der Waals surface area contributed by atoms with E-state index in [4.69, 9.17) is 4.74 Å². The van der Waals surface area contributed by atoms with Gasteiger partial charge in [0.25, 0.3) is 0 Å². The molecule has 1 fully saturated rings. The molecular formula is C16H26N2O. The van der Waals surface area contributed by atoms with E-state index in [0.717, 1.165) is 31.4 Å². The zero-order chi connectivity index (χ0) is 13.5. The second kappa shape index (κ2) is 7.39. The Kier molecular flexibility index (Phi) is 5.52. The smallest absolute Gasteiger partial charge is 0.119 e. The topological polar surface area (TPSA) is 33.3 Å². The highest BCUT2D eigenvalue weighted by molar-refractivity contribution is 5.46. The lowest BCUT2D eigenvalue weighted by Crippen LogP contribution is -2.33. The maximum Gasteiger partial charge on any atom is 0.119 e. The Bertz CT molecular complexity index is 356. The molecule has 3 heteroatoms. The molecule has 2 rings (SSSR count). The standard InChI is InChI=1S/C16H26N2O/c1-13(2)12-19-16-7-5-15(6-8-16)18-11-14-4-3-9-17-10-14/h5-8,13-14,17-18H,3-4,9-12H2,1-2H3. The first-order valence-electron chi connectivity index (χ1n) is 7.41. The summed E-state index contributed by atoms with van der Waals surface area (Å²) < 4.78 is 5.68. The van der Waals surface area contributed by atoms with Gasteiger partial charge in [0.05, 0.1) is 6.61 Å². The molecule has 1 aliphatic rings. The molecule has 19 heavy (non-hydrogen) atoms. The van der Waals surface area contributed by atoms with Crippen molar-refractivity contribution in [2.45, 2.75) is 26.7 Å². The molecule has 0 spiro atoms. The fourth-order valence-corrected chi connectivity index (χ4v) is 2.29. The minimum absolute atomic E-state index is 0.566. The Morgan fingerprint density at radius 2 is 2.11 bits per heavy atom. The van der Waals surface area contributed by atoms with Crippen LogP contribution in [0, 0.1) is 11.8 Å². The van der Waals surface area contributed by atoms with Crippen LogP contribution >= 0.6 is 0 Å². The molecule has 1 aromatic carbocycles. The van der Waals surface area contributed by atoms with E-state index in [1.165, 1.54) is 25.1 Å². The van der Waals surface area contributed by atoms with E-state index >= 15 is 0 Å². The van der Waals surface area contributed by atoms with Crippen molar-refractivity contribution in [2.75, 3.05) is 31.6 Å². The van der Waals surface area contributed by atoms with Crippen LogP contribution < -0.4 is 15.4 Å². The van der Waals surface area contributed by atoms with Gasteiger partial charge in [-0.1, -0.05) is 13.8 Å². The Labute approximate surface area is 116 Å². The molecule has 0 aromatic heterocycles. The molecule has 1 saturated heterocycles. The monoisotopic (exact) mass is 262 g/mol. The second-order valence-corrected chi connectivity index (χ2v) is 5.82. The van der Waals surface area contributed by atoms with E-state index in [0.29, 0.717) is 5.92 Å². The van der Waals surface area contributed by atoms with Crippen LogP contribution in [0.15, 0.2) is 24.3 Å². The zero-order valence-electron chi connectivity index (χ0n) is 12.1. The normalized spacial score (nSPS) is 19.4. The molecule has 0 saturated carbocycles. The molecule has 0 amide bonds. The van der Waals surface area contributed by atoms with E-state index < -0.39 is 0 Å². The fraction of sp³-hybridized carbons (Fsp3) is 0.625. The first kappa shape index (κ1) is 14.2. The van der Waals surface area contributed by atoms with Gasteiger partial charge in [0.2, 0.25) is 0 Å². The van der Waals surface area contributed by atoms with Gasteiger partial charge in [0, 0.05) is 12.2 Å². The highest BCUT2D eigenvalue weighted by atomic mass is 16.5. The van der Waals surface area contributed by atoms with Crippen molar-refractivity contribution in [3.8, 4) is 5.75 Å². The summed E-state index contributed by atoms with van der Waals surface area (Å²) in [6, 6.07) is 8.30. The van der Waals surface area contributed by atoms with Crippen LogP contribution in [0.2, 0.25) is 0 Å². The van der Waals surface area contributed by atoms with Crippen molar-refractivity contribution in [3.05, 3.63) is 24.3 Å². The number of hydrogen-bond donors (Lipinski definition) is 2. The Hall–Kier alpha value is -1.22. The molecule has 106 valence electrons. The predicted molar refractivity (Wildman–Crippen MR) is 80.9 cm³/mol. The average Bonchev–Trinajstić information content (AvgIpc) is 2.45. The van der Waals surface area contributed by atoms with Gasteiger partial charge >= 0.3 is 0 Å². The average molecular weight is 262 g/mol. The third-order valence-electron chi connectivity index (χ3n) is 3.43. The molecule has 1 aliphatic heterocycles. The summed E-state index contributed by atoms with van der Waals surface area (Å²) in [5.74, 6) is 2.28. The van der Waals surface area contributed by atoms with Crippen molar-refractivity contribution in [1.82, 2.24) is 5.32 Å². The first-order chi connectivity index (χ1) is 9.24. The predicted octanol–water partition coefficient (Wildman–Crippen LogP) is 3.13. The van der Waals surface area contributed by atoms with Gasteiger partial charge < -0.3 is 15.4 Å². The van der Waals surface area contributed by atoms with E-state index in [1.54, 1.807) is 0 Å². The SMILES string of the molecule is CC(C)COc1ccc(NCC2CCCNC2)cc1. The highest BCUT2D eigenvalue weighted by Gasteiger charge is 2.12. The van der Waals surface area contributed by atoms with Crippen LogP contribution in [0.3, 0.4) is 0 Å². The summed E-state index contributed by atoms with van der Waals surface area (Å²) in [7, 11) is 0. The number of piperidine rings is 1. The van der Waals surface area contributed by atoms with Crippen molar-refractivity contribution >= 4 is 5.69 Å². The Morgan fingerprint density at radius 1 is 1.32 bits per heavy atom. The van der Waals surface area contributed by atoms with Gasteiger partial charge in [-0.05, 0) is 62.0 Å². The Morgan fingerprint density at radius 3 is 2.74 bits per heavy atom. The molecule has 1 aromatic rings. The van der Waals surface area contributed by atoms with Crippen molar-refractivity contribution in [3.63, 3.8) is 0 Å². The lowest BCUT2D eigenvalue weighted by molar-refractivity contribution is 0.271. The summed E-state index contributed by atoms with van der Waals surface area (Å²) in [6.45, 7) is 8.48. The number of ether oxygens (including phenoxy) is 1. The summed E-state index contributed by atoms with van der Waals surface area (Å²) in [4.78, 5) is 0. The minimum Gasteiger partial charge on any atom is -0.493 e. The number of rotatable bonds is 6. The van der Waals surface area contributed by atoms with Gasteiger partial charge in [-0.15, -0.1) is 0 Å². The van der Waals surface area contributed by atoms with Crippen LogP contribution in [-0.2, 0) is 0 Å². The lowest BCUT2D eigenvalue weighted by atomic mass is 10.00. The second-order valence-electron chi connectivity index (χ2n) is 5.82. The molecule has 0 radical (unpaired) electrons. The molecule has 3 nitrogen and oxygen atoms in total. The molecule has 1 unspecified atom stereocenters. The number of nitrogens with one attached hydrogen (secondary N) is 2. The number of benzene rings is 1. The minimum atomic E-state index is 0.566. The van der Waals surface area contributed by atoms with Gasteiger partial charge in [-0.2, -0.15) is 0 Å². The van der Waals surface area contributed by atoms with Gasteiger partial charge in [-0.3, -0.25) is 0 Å². The molecule has 1 atom stereocenters. The van der Waals surface area contributed by atoms with Crippen molar-refractivity contribution in [2.24, 2.45) is 11.8 Å². The van der Waals surface area contributed by atoms with Crippen LogP contribution in [0.4, 0.5) is 5.69 Å². The van der Waals surface area contributed by atoms with Crippen LogP contribution in [0.1, 0.15) is 26.7 Å². The number of hydrogen-bond acceptors (Lipinski definition) is 3. The number of anilines is 1. The fourth-order valence-electron chi connectivity index (χ4n) is 2.29. The maximum absolute atomic E-state index is 5.68. The van der Waals surface area contributed by atoms with E-state index in [2.05, 4.69) is 36.6 Å². The quantitative estimate of drug-likeness (QED) is 0.826. The highest BCUT2D eigenvalue weighted by Crippen LogP contribution is 2.17. The molecular weight excluding hydrogens is 236 g/mol. The van der Waals surface area contributed by atoms with Crippen LogP contribution in [0.5, 0.6) is 5.75 Å². The van der Waals surface area contributed by atoms with Crippen LogP contribution in [0.25, 0.3) is 0 Å². The summed E-state index contributed by atoms with van der Waals surface area (Å²) in [6.07, 6.45) is 2.63. The van der Waals surface area contributed by atoms with E-state index in [1.807, 2.05) is 12.1 Å². The lowest BCUT2D eigenvalue weighted by Gasteiger charge is -2.23. The Balaban J connectivity index is 1.74. The molecule has 0 bridgehead atoms. The van der Waals surface area contributed by atoms with Crippen molar-refractivity contribution < 1.29 is 4.74 Å². The summed E-state index contributed by atoms with van der Waals surface area (Å²) in [5, 5.41) is 6.96. The van der Waals surface area contributed by atoms with Gasteiger partial charge in [0.15, 0.2) is 0 Å². The molecule has 1 heterocycles. The largest absolute Gasteiger partial charge is 0.493 e. The van der Waals surface area contributed by atoms with E-state index in [9.17, 15) is 0 Å². The first-order valence-corrected chi connectivity index (χ1v) is 7.41. The summed E-state index contributed by atoms with van der Waals surface area (Å²) >= 11 is 0. The third kappa shape index (κ3) is 5.11. The zero-order valence-corrected chi connectivity index (χ0v) is 12.1. The molecule has 0 aliphatic carbocycles. The maximum atomic E-state index is 5.68. The van der Waals surface area contributed by atoms with Gasteiger partial charge in [0.1, 0.15) is 5.75 Å². The van der Waals surface area contributed by atoms with E-state index in [-0.39, 0.29) is 0 Å². The van der Waals surface area contributed by atoms with Crippen molar-refractivity contribution in [1.29, 1.82) is 0 Å². The third-order valence-corrected chi connectivity index (χ3v) is 3.43.